The Labute approximate surface area is 202 Å². The summed E-state index contributed by atoms with van der Waals surface area (Å²) in [6, 6.07) is 9.89. The minimum absolute atomic E-state index is 0. The van der Waals surface area contributed by atoms with Gasteiger partial charge in [0.25, 0.3) is 5.91 Å². The van der Waals surface area contributed by atoms with Crippen LogP contribution in [0.15, 0.2) is 36.7 Å². The molecule has 2 aliphatic rings. The Bertz CT molecular complexity index is 916. The number of aromatic nitrogens is 2. The molecule has 1 saturated heterocycles. The Morgan fingerprint density at radius 1 is 1.30 bits per heavy atom. The van der Waals surface area contributed by atoms with E-state index in [0.717, 1.165) is 43.6 Å². The topological polar surface area (TPSA) is 79.6 Å². The maximum Gasteiger partial charge on any atom is 0.275 e. The molecule has 1 saturated carbocycles. The molecule has 1 aromatic carbocycles. The number of piperazine rings is 1. The molecule has 3 atom stereocenters. The molecule has 0 unspecified atom stereocenters. The number of carbonyl (C=O) groups is 1. The molecule has 2 N–H and O–H groups in total. The molecule has 1 aliphatic carbocycles. The van der Waals surface area contributed by atoms with Crippen molar-refractivity contribution in [1.29, 1.82) is 0 Å². The van der Waals surface area contributed by atoms with Crippen LogP contribution in [0.3, 0.4) is 0 Å². The average Bonchev–Trinajstić information content (AvgIpc) is 3.24. The summed E-state index contributed by atoms with van der Waals surface area (Å²) in [4.78, 5) is 20.5. The summed E-state index contributed by atoms with van der Waals surface area (Å²) in [7, 11) is 1.63. The predicted molar refractivity (Wildman–Crippen MR) is 132 cm³/mol. The number of carbonyl (C=O) groups excluding carboxylic acids is 1. The second-order valence-corrected chi connectivity index (χ2v) is 9.53. The zero-order valence-corrected chi connectivity index (χ0v) is 20.7. The molecule has 2 aromatic rings. The van der Waals surface area contributed by atoms with E-state index >= 15 is 0 Å². The van der Waals surface area contributed by atoms with Gasteiger partial charge in [-0.3, -0.25) is 4.79 Å². The first-order valence-corrected chi connectivity index (χ1v) is 11.8. The van der Waals surface area contributed by atoms with Gasteiger partial charge in [-0.25, -0.2) is 4.98 Å². The van der Waals surface area contributed by atoms with Crippen molar-refractivity contribution in [3.8, 4) is 11.3 Å². The van der Waals surface area contributed by atoms with Crippen molar-refractivity contribution in [1.82, 2.24) is 19.8 Å². The zero-order chi connectivity index (χ0) is 22.7. The first-order chi connectivity index (χ1) is 15.5. The molecule has 1 amide bonds. The lowest BCUT2D eigenvalue weighted by Crippen LogP contribution is -2.55. The third kappa shape index (κ3) is 5.11. The largest absolute Gasteiger partial charge is 0.385 e. The predicted octanol–water partition coefficient (Wildman–Crippen LogP) is 3.53. The Balaban J connectivity index is 0.00000306. The van der Waals surface area contributed by atoms with E-state index in [1.165, 1.54) is 0 Å². The second kappa shape index (κ2) is 11.0. The molecule has 0 radical (unpaired) electrons. The van der Waals surface area contributed by atoms with Gasteiger partial charge in [-0.15, -0.1) is 12.4 Å². The van der Waals surface area contributed by atoms with E-state index in [1.807, 2.05) is 39.8 Å². The van der Waals surface area contributed by atoms with Crippen molar-refractivity contribution in [2.45, 2.75) is 57.2 Å². The van der Waals surface area contributed by atoms with Gasteiger partial charge in [0, 0.05) is 38.3 Å². The lowest BCUT2D eigenvalue weighted by Gasteiger charge is -2.41. The molecular formula is C25H37ClN4O3. The van der Waals surface area contributed by atoms with Gasteiger partial charge in [-0.2, -0.15) is 0 Å². The van der Waals surface area contributed by atoms with E-state index in [1.54, 1.807) is 13.4 Å². The fourth-order valence-electron chi connectivity index (χ4n) is 5.37. The lowest BCUT2D eigenvalue weighted by molar-refractivity contribution is -0.0893. The van der Waals surface area contributed by atoms with E-state index in [9.17, 15) is 9.90 Å². The summed E-state index contributed by atoms with van der Waals surface area (Å²) in [5, 5.41) is 14.9. The highest BCUT2D eigenvalue weighted by Gasteiger charge is 2.42. The van der Waals surface area contributed by atoms with Crippen LogP contribution in [0.2, 0.25) is 0 Å². The number of halogens is 1. The Kier molecular flexibility index (Phi) is 8.56. The van der Waals surface area contributed by atoms with Gasteiger partial charge in [0.2, 0.25) is 0 Å². The highest BCUT2D eigenvalue weighted by molar-refractivity contribution is 5.98. The normalized spacial score (nSPS) is 25.7. The SMILES string of the molecule is COC[C@]1(O)CCCC[C@H]1n1cnc(C(=O)N2CCNC[C@H]2C(C)C)c1-c1ccccc1.Cl. The Hall–Kier alpha value is -1.93. The number of hydrogen-bond acceptors (Lipinski definition) is 5. The van der Waals surface area contributed by atoms with E-state index in [2.05, 4.69) is 24.1 Å². The standard InChI is InChI=1S/C25H36N4O3.ClH/c1-18(2)20-15-26-13-14-28(20)24(30)22-23(19-9-5-4-6-10-19)29(17-27-22)21-11-7-8-12-25(21,31)16-32-3;/h4-6,9-10,17-18,20-21,26,31H,7-8,11-16H2,1-3H3;1H/t20-,21+,25+;/m0./s1. The molecule has 0 spiro atoms. The molecule has 4 rings (SSSR count). The maximum atomic E-state index is 13.8. The summed E-state index contributed by atoms with van der Waals surface area (Å²) < 4.78 is 7.44. The summed E-state index contributed by atoms with van der Waals surface area (Å²) in [5.74, 6) is 0.313. The zero-order valence-electron chi connectivity index (χ0n) is 19.9. The van der Waals surface area contributed by atoms with Crippen LogP contribution >= 0.6 is 12.4 Å². The molecule has 2 heterocycles. The molecule has 33 heavy (non-hydrogen) atoms. The van der Waals surface area contributed by atoms with Gasteiger partial charge in [-0.05, 0) is 18.8 Å². The quantitative estimate of drug-likeness (QED) is 0.666. The van der Waals surface area contributed by atoms with Crippen molar-refractivity contribution in [3.05, 3.63) is 42.4 Å². The van der Waals surface area contributed by atoms with Crippen LogP contribution < -0.4 is 5.32 Å². The number of aliphatic hydroxyl groups is 1. The van der Waals surface area contributed by atoms with Crippen LogP contribution in [0, 0.1) is 5.92 Å². The van der Waals surface area contributed by atoms with Crippen LogP contribution in [0.4, 0.5) is 0 Å². The van der Waals surface area contributed by atoms with Crippen LogP contribution in [0.1, 0.15) is 56.1 Å². The molecule has 182 valence electrons. The van der Waals surface area contributed by atoms with Crippen LogP contribution in [-0.4, -0.2) is 70.5 Å². The number of benzene rings is 1. The summed E-state index contributed by atoms with van der Waals surface area (Å²) in [6.07, 6.45) is 5.24. The minimum atomic E-state index is -0.979. The number of imidazole rings is 1. The number of nitrogens with zero attached hydrogens (tertiary/aromatic N) is 3. The summed E-state index contributed by atoms with van der Waals surface area (Å²) >= 11 is 0. The summed E-state index contributed by atoms with van der Waals surface area (Å²) in [5.41, 5.74) is 1.22. The number of hydrogen-bond donors (Lipinski definition) is 2. The molecular weight excluding hydrogens is 440 g/mol. The number of nitrogens with one attached hydrogen (secondary N) is 1. The Morgan fingerprint density at radius 3 is 2.76 bits per heavy atom. The van der Waals surface area contributed by atoms with Gasteiger partial charge in [0.05, 0.1) is 24.7 Å². The molecule has 1 aromatic heterocycles. The first-order valence-electron chi connectivity index (χ1n) is 11.8. The first kappa shape index (κ1) is 25.7. The number of methoxy groups -OCH3 is 1. The Morgan fingerprint density at radius 2 is 2.06 bits per heavy atom. The third-order valence-corrected chi connectivity index (χ3v) is 7.04. The smallest absolute Gasteiger partial charge is 0.275 e. The molecule has 7 nitrogen and oxygen atoms in total. The summed E-state index contributed by atoms with van der Waals surface area (Å²) in [6.45, 7) is 6.82. The van der Waals surface area contributed by atoms with E-state index in [4.69, 9.17) is 4.74 Å². The van der Waals surface area contributed by atoms with Gasteiger partial charge in [0.15, 0.2) is 5.69 Å². The van der Waals surface area contributed by atoms with Gasteiger partial charge >= 0.3 is 0 Å². The van der Waals surface area contributed by atoms with Crippen LogP contribution in [0.25, 0.3) is 11.3 Å². The second-order valence-electron chi connectivity index (χ2n) is 9.53. The van der Waals surface area contributed by atoms with Gasteiger partial charge in [0.1, 0.15) is 5.60 Å². The van der Waals surface area contributed by atoms with Crippen molar-refractivity contribution in [2.75, 3.05) is 33.4 Å². The molecule has 2 fully saturated rings. The molecule has 0 bridgehead atoms. The number of ether oxygens (including phenoxy) is 1. The highest BCUT2D eigenvalue weighted by Crippen LogP contribution is 2.41. The van der Waals surface area contributed by atoms with E-state index in [-0.39, 0.29) is 37.0 Å². The van der Waals surface area contributed by atoms with Crippen LogP contribution in [0.5, 0.6) is 0 Å². The highest BCUT2D eigenvalue weighted by atomic mass is 35.5. The molecule has 8 heteroatoms. The maximum absolute atomic E-state index is 13.8. The number of rotatable bonds is 6. The molecule has 1 aliphatic heterocycles. The van der Waals surface area contributed by atoms with Crippen LogP contribution in [-0.2, 0) is 4.74 Å². The lowest BCUT2D eigenvalue weighted by atomic mass is 9.80. The van der Waals surface area contributed by atoms with E-state index < -0.39 is 5.60 Å². The average molecular weight is 477 g/mol. The monoisotopic (exact) mass is 476 g/mol. The van der Waals surface area contributed by atoms with Crippen molar-refractivity contribution in [3.63, 3.8) is 0 Å². The minimum Gasteiger partial charge on any atom is -0.385 e. The van der Waals surface area contributed by atoms with Gasteiger partial charge < -0.3 is 24.6 Å². The fourth-order valence-corrected chi connectivity index (χ4v) is 5.37. The van der Waals surface area contributed by atoms with Crippen molar-refractivity contribution in [2.24, 2.45) is 5.92 Å². The van der Waals surface area contributed by atoms with E-state index in [0.29, 0.717) is 24.6 Å². The van der Waals surface area contributed by atoms with Crippen molar-refractivity contribution >= 4 is 18.3 Å². The van der Waals surface area contributed by atoms with Gasteiger partial charge in [-0.1, -0.05) is 57.0 Å². The third-order valence-electron chi connectivity index (χ3n) is 7.04. The number of amides is 1. The van der Waals surface area contributed by atoms with Crippen molar-refractivity contribution < 1.29 is 14.6 Å². The fraction of sp³-hybridized carbons (Fsp3) is 0.600.